The normalized spacial score (nSPS) is 11.5. The summed E-state index contributed by atoms with van der Waals surface area (Å²) in [5.74, 6) is 1.62. The van der Waals surface area contributed by atoms with E-state index in [2.05, 4.69) is 35.2 Å². The van der Waals surface area contributed by atoms with Crippen LogP contribution in [0, 0.1) is 0 Å². The number of pyridine rings is 1. The minimum absolute atomic E-state index is 0.0183. The van der Waals surface area contributed by atoms with Crippen molar-refractivity contribution in [2.45, 2.75) is 25.9 Å². The lowest BCUT2D eigenvalue weighted by molar-refractivity contribution is 0.380. The molecule has 0 saturated heterocycles. The van der Waals surface area contributed by atoms with Crippen LogP contribution in [0.3, 0.4) is 0 Å². The number of aromatic amines is 1. The first-order valence-corrected chi connectivity index (χ1v) is 10.6. The third-order valence-electron chi connectivity index (χ3n) is 5.35. The molecule has 0 atom stereocenters. The Morgan fingerprint density at radius 3 is 2.56 bits per heavy atom. The zero-order valence-corrected chi connectivity index (χ0v) is 18.9. The quantitative estimate of drug-likeness (QED) is 0.346. The number of hydrogen-bond acceptors (Lipinski definition) is 5. The number of aromatic nitrogens is 3. The van der Waals surface area contributed by atoms with Gasteiger partial charge in [0.05, 0.1) is 29.1 Å². The smallest absolute Gasteiger partial charge is 0.134 e. The van der Waals surface area contributed by atoms with E-state index in [0.29, 0.717) is 11.6 Å². The van der Waals surface area contributed by atoms with Gasteiger partial charge in [-0.05, 0) is 55.8 Å². The van der Waals surface area contributed by atoms with E-state index in [-0.39, 0.29) is 5.75 Å². The Morgan fingerprint density at radius 2 is 1.84 bits per heavy atom. The van der Waals surface area contributed by atoms with Gasteiger partial charge in [-0.25, -0.2) is 4.98 Å². The maximum absolute atomic E-state index is 10.1. The molecule has 2 heterocycles. The van der Waals surface area contributed by atoms with E-state index < -0.39 is 5.54 Å². The number of phenols is 1. The predicted octanol–water partition coefficient (Wildman–Crippen LogP) is 5.53. The van der Waals surface area contributed by atoms with E-state index in [9.17, 15) is 5.11 Å². The maximum Gasteiger partial charge on any atom is 0.134 e. The first-order chi connectivity index (χ1) is 15.4. The van der Waals surface area contributed by atoms with Crippen LogP contribution in [0.1, 0.15) is 25.2 Å². The van der Waals surface area contributed by atoms with Crippen LogP contribution in [-0.4, -0.2) is 27.2 Å². The highest BCUT2D eigenvalue weighted by atomic mass is 35.5. The number of methoxy groups -OCH3 is 1. The number of hydrogen-bond donors (Lipinski definition) is 3. The fourth-order valence-corrected chi connectivity index (χ4v) is 3.57. The highest BCUT2D eigenvalue weighted by Crippen LogP contribution is 2.36. The van der Waals surface area contributed by atoms with Gasteiger partial charge in [0.2, 0.25) is 0 Å². The van der Waals surface area contributed by atoms with Crippen molar-refractivity contribution in [1.82, 2.24) is 20.3 Å². The highest BCUT2D eigenvalue weighted by Gasteiger charge is 2.27. The number of aromatic hydroxyl groups is 1. The highest BCUT2D eigenvalue weighted by molar-refractivity contribution is 6.32. The van der Waals surface area contributed by atoms with Crippen molar-refractivity contribution in [3.05, 3.63) is 83.4 Å². The van der Waals surface area contributed by atoms with E-state index in [4.69, 9.17) is 21.3 Å². The maximum atomic E-state index is 10.1. The van der Waals surface area contributed by atoms with Crippen LogP contribution in [0.2, 0.25) is 5.02 Å². The summed E-state index contributed by atoms with van der Waals surface area (Å²) in [6.45, 7) is 4.80. The van der Waals surface area contributed by atoms with Crippen LogP contribution in [0.4, 0.5) is 0 Å². The Balaban J connectivity index is 1.70. The summed E-state index contributed by atoms with van der Waals surface area (Å²) in [6, 6.07) is 17.0. The van der Waals surface area contributed by atoms with Crippen LogP contribution < -0.4 is 10.1 Å². The van der Waals surface area contributed by atoms with Crippen molar-refractivity contribution in [1.29, 1.82) is 0 Å². The molecule has 2 aromatic heterocycles. The average Bonchev–Trinajstić information content (AvgIpc) is 3.27. The Hall–Kier alpha value is -3.35. The zero-order chi connectivity index (χ0) is 22.7. The van der Waals surface area contributed by atoms with Crippen molar-refractivity contribution >= 4 is 11.6 Å². The summed E-state index contributed by atoms with van der Waals surface area (Å²) >= 11 is 6.02. The summed E-state index contributed by atoms with van der Waals surface area (Å²) in [6.07, 6.45) is 3.48. The molecule has 7 heteroatoms. The van der Waals surface area contributed by atoms with Gasteiger partial charge in [0, 0.05) is 30.1 Å². The number of rotatable bonds is 7. The molecule has 6 nitrogen and oxygen atoms in total. The SMILES string of the molecule is COc1cccc(CNC(C)(C)c2nc(-c3ccc(Cl)c(O)c3)c(-c3ccncc3)[nH]2)c1. The van der Waals surface area contributed by atoms with Crippen LogP contribution in [-0.2, 0) is 12.1 Å². The molecule has 32 heavy (non-hydrogen) atoms. The molecule has 0 amide bonds. The Kier molecular flexibility index (Phi) is 6.17. The minimum atomic E-state index is -0.461. The molecule has 0 radical (unpaired) electrons. The van der Waals surface area contributed by atoms with Crippen LogP contribution in [0.15, 0.2) is 67.0 Å². The minimum Gasteiger partial charge on any atom is -0.506 e. The van der Waals surface area contributed by atoms with Crippen LogP contribution in [0.5, 0.6) is 11.5 Å². The van der Waals surface area contributed by atoms with Gasteiger partial charge < -0.3 is 20.1 Å². The third-order valence-corrected chi connectivity index (χ3v) is 5.67. The number of nitrogens with one attached hydrogen (secondary N) is 2. The third kappa shape index (κ3) is 4.61. The number of H-pyrrole nitrogens is 1. The fraction of sp³-hybridized carbons (Fsp3) is 0.200. The monoisotopic (exact) mass is 448 g/mol. The van der Waals surface area contributed by atoms with Crippen molar-refractivity contribution in [3.63, 3.8) is 0 Å². The first kappa shape index (κ1) is 21.9. The van der Waals surface area contributed by atoms with E-state index in [1.54, 1.807) is 31.6 Å². The van der Waals surface area contributed by atoms with Gasteiger partial charge in [0.15, 0.2) is 0 Å². The number of halogens is 1. The number of imidazole rings is 1. The number of phenolic OH excluding ortho intramolecular Hbond substituents is 1. The largest absolute Gasteiger partial charge is 0.506 e. The molecule has 0 aliphatic rings. The first-order valence-electron chi connectivity index (χ1n) is 10.2. The van der Waals surface area contributed by atoms with Crippen molar-refractivity contribution in [2.75, 3.05) is 7.11 Å². The topological polar surface area (TPSA) is 83.1 Å². The number of ether oxygens (including phenoxy) is 1. The number of nitrogens with zero attached hydrogens (tertiary/aromatic N) is 2. The van der Waals surface area contributed by atoms with Crippen molar-refractivity contribution in [2.24, 2.45) is 0 Å². The molecule has 3 N–H and O–H groups in total. The molecule has 0 aliphatic heterocycles. The van der Waals surface area contributed by atoms with Gasteiger partial charge in [-0.15, -0.1) is 0 Å². The molecular weight excluding hydrogens is 424 g/mol. The van der Waals surface area contributed by atoms with Gasteiger partial charge in [0.1, 0.15) is 17.3 Å². The Labute approximate surface area is 192 Å². The lowest BCUT2D eigenvalue weighted by atomic mass is 10.0. The Bertz CT molecular complexity index is 1220. The molecular formula is C25H25ClN4O2. The molecule has 4 rings (SSSR count). The second-order valence-corrected chi connectivity index (χ2v) is 8.45. The molecule has 4 aromatic rings. The van der Waals surface area contributed by atoms with E-state index in [0.717, 1.165) is 39.7 Å². The van der Waals surface area contributed by atoms with Crippen LogP contribution >= 0.6 is 11.6 Å². The number of benzene rings is 2. The molecule has 0 aliphatic carbocycles. The Morgan fingerprint density at radius 1 is 1.06 bits per heavy atom. The molecule has 0 fully saturated rings. The standard InChI is InChI=1S/C25H25ClN4O2/c1-25(2,28-15-16-5-4-6-19(13-16)32-3)24-29-22(17-9-11-27-12-10-17)23(30-24)18-7-8-20(26)21(31)14-18/h4-14,28,31H,15H2,1-3H3,(H,29,30). The summed E-state index contributed by atoms with van der Waals surface area (Å²) in [4.78, 5) is 12.5. The second-order valence-electron chi connectivity index (χ2n) is 8.04. The van der Waals surface area contributed by atoms with E-state index >= 15 is 0 Å². The molecule has 0 unspecified atom stereocenters. The van der Waals surface area contributed by atoms with Gasteiger partial charge in [-0.1, -0.05) is 29.8 Å². The molecule has 0 saturated carbocycles. The molecule has 164 valence electrons. The van der Waals surface area contributed by atoms with E-state index in [1.165, 1.54) is 0 Å². The van der Waals surface area contributed by atoms with Gasteiger partial charge >= 0.3 is 0 Å². The molecule has 2 aromatic carbocycles. The zero-order valence-electron chi connectivity index (χ0n) is 18.2. The summed E-state index contributed by atoms with van der Waals surface area (Å²) in [5.41, 5.74) is 3.95. The summed E-state index contributed by atoms with van der Waals surface area (Å²) in [7, 11) is 1.66. The van der Waals surface area contributed by atoms with Crippen molar-refractivity contribution in [3.8, 4) is 34.0 Å². The van der Waals surface area contributed by atoms with Gasteiger partial charge in [0.25, 0.3) is 0 Å². The average molecular weight is 449 g/mol. The van der Waals surface area contributed by atoms with Crippen LogP contribution in [0.25, 0.3) is 22.5 Å². The fourth-order valence-electron chi connectivity index (χ4n) is 3.45. The van der Waals surface area contributed by atoms with Crippen molar-refractivity contribution < 1.29 is 9.84 Å². The summed E-state index contributed by atoms with van der Waals surface area (Å²) in [5, 5.41) is 14.0. The lowest BCUT2D eigenvalue weighted by Crippen LogP contribution is -2.37. The molecule has 0 bridgehead atoms. The second kappa shape index (κ2) is 9.02. The van der Waals surface area contributed by atoms with Gasteiger partial charge in [-0.2, -0.15) is 0 Å². The summed E-state index contributed by atoms with van der Waals surface area (Å²) < 4.78 is 5.33. The predicted molar refractivity (Wildman–Crippen MR) is 127 cm³/mol. The van der Waals surface area contributed by atoms with E-state index in [1.807, 2.05) is 36.4 Å². The lowest BCUT2D eigenvalue weighted by Gasteiger charge is -2.24. The molecule has 0 spiro atoms. The van der Waals surface area contributed by atoms with Gasteiger partial charge in [-0.3, -0.25) is 4.98 Å².